The van der Waals surface area contributed by atoms with E-state index in [1.165, 1.54) is 12.1 Å². The second kappa shape index (κ2) is 8.97. The van der Waals surface area contributed by atoms with E-state index in [1.54, 1.807) is 18.2 Å². The minimum Gasteiger partial charge on any atom is -0.489 e. The summed E-state index contributed by atoms with van der Waals surface area (Å²) in [6, 6.07) is 21.7. The Hall–Kier alpha value is -3.44. The zero-order valence-electron chi connectivity index (χ0n) is 17.6. The van der Waals surface area contributed by atoms with Gasteiger partial charge in [-0.3, -0.25) is 0 Å². The monoisotopic (exact) mass is 430 g/mol. The van der Waals surface area contributed by atoms with Crippen LogP contribution in [0.15, 0.2) is 82.0 Å². The Morgan fingerprint density at radius 1 is 0.906 bits per heavy atom. The van der Waals surface area contributed by atoms with Crippen molar-refractivity contribution in [3.63, 3.8) is 0 Å². The van der Waals surface area contributed by atoms with Gasteiger partial charge in [0.15, 0.2) is 0 Å². The van der Waals surface area contributed by atoms with Gasteiger partial charge in [-0.1, -0.05) is 42.5 Å². The highest BCUT2D eigenvalue weighted by Crippen LogP contribution is 2.39. The van der Waals surface area contributed by atoms with Gasteiger partial charge in [-0.25, -0.2) is 9.18 Å². The van der Waals surface area contributed by atoms with Gasteiger partial charge in [0, 0.05) is 30.1 Å². The molecule has 3 aromatic carbocycles. The zero-order chi connectivity index (χ0) is 21.9. The van der Waals surface area contributed by atoms with Crippen molar-refractivity contribution in [1.82, 2.24) is 0 Å². The summed E-state index contributed by atoms with van der Waals surface area (Å²) < 4.78 is 30.9. The molecule has 0 radical (unpaired) electrons. The first-order chi connectivity index (χ1) is 15.7. The normalized spacial score (nSPS) is 14.5. The molecule has 0 N–H and O–H groups in total. The van der Waals surface area contributed by atoms with E-state index in [0.717, 1.165) is 34.9 Å². The van der Waals surface area contributed by atoms with Gasteiger partial charge < -0.3 is 13.9 Å². The number of rotatable bonds is 5. The summed E-state index contributed by atoms with van der Waals surface area (Å²) in [4.78, 5) is 13.0. The lowest BCUT2D eigenvalue weighted by molar-refractivity contribution is 0.0802. The van der Waals surface area contributed by atoms with Crippen molar-refractivity contribution in [3.8, 4) is 16.9 Å². The third kappa shape index (κ3) is 4.16. The van der Waals surface area contributed by atoms with E-state index >= 15 is 0 Å². The zero-order valence-corrected chi connectivity index (χ0v) is 17.6. The number of hydrogen-bond acceptors (Lipinski definition) is 4. The highest BCUT2D eigenvalue weighted by molar-refractivity contribution is 5.97. The molecule has 1 aliphatic rings. The molecule has 2 heterocycles. The van der Waals surface area contributed by atoms with Gasteiger partial charge in [-0.05, 0) is 54.3 Å². The smallest absolute Gasteiger partial charge is 0.344 e. The highest BCUT2D eigenvalue weighted by Gasteiger charge is 2.25. The van der Waals surface area contributed by atoms with Gasteiger partial charge in [-0.2, -0.15) is 0 Å². The van der Waals surface area contributed by atoms with Crippen molar-refractivity contribution in [3.05, 3.63) is 100 Å². The lowest BCUT2D eigenvalue weighted by Crippen LogP contribution is -2.17. The maximum absolute atomic E-state index is 13.6. The quantitative estimate of drug-likeness (QED) is 0.385. The van der Waals surface area contributed by atoms with E-state index < -0.39 is 5.63 Å². The molecule has 0 atom stereocenters. The first kappa shape index (κ1) is 20.5. The molecule has 4 aromatic rings. The number of ether oxygens (including phenoxy) is 2. The van der Waals surface area contributed by atoms with E-state index in [9.17, 15) is 9.18 Å². The fourth-order valence-electron chi connectivity index (χ4n) is 4.24. The summed E-state index contributed by atoms with van der Waals surface area (Å²) in [5, 5.41) is 1.23. The minimum absolute atomic E-state index is 0.0786. The Kier molecular flexibility index (Phi) is 5.73. The van der Waals surface area contributed by atoms with Crippen molar-refractivity contribution >= 4 is 10.8 Å². The molecule has 0 aliphatic carbocycles. The Morgan fingerprint density at radius 2 is 1.66 bits per heavy atom. The molecule has 1 aromatic heterocycles. The summed E-state index contributed by atoms with van der Waals surface area (Å²) in [6.45, 7) is 1.66. The van der Waals surface area contributed by atoms with Crippen LogP contribution in [0, 0.1) is 5.82 Å². The largest absolute Gasteiger partial charge is 0.489 e. The summed E-state index contributed by atoms with van der Waals surface area (Å²) in [5.41, 5.74) is 2.31. The molecular formula is C27H23FO4. The molecule has 1 saturated heterocycles. The van der Waals surface area contributed by atoms with Crippen molar-refractivity contribution in [2.75, 3.05) is 13.2 Å². The molecule has 4 nitrogen and oxygen atoms in total. The maximum atomic E-state index is 13.6. The summed E-state index contributed by atoms with van der Waals surface area (Å²) in [7, 11) is 0. The molecule has 5 heteroatoms. The Bertz CT molecular complexity index is 1270. The van der Waals surface area contributed by atoms with Gasteiger partial charge in [0.05, 0.1) is 5.39 Å². The second-order valence-electron chi connectivity index (χ2n) is 8.00. The molecule has 1 fully saturated rings. The summed E-state index contributed by atoms with van der Waals surface area (Å²) in [6.07, 6.45) is 1.56. The van der Waals surface area contributed by atoms with E-state index in [2.05, 4.69) is 0 Å². The average molecular weight is 430 g/mol. The van der Waals surface area contributed by atoms with Gasteiger partial charge >= 0.3 is 5.63 Å². The summed E-state index contributed by atoms with van der Waals surface area (Å²) >= 11 is 0. The van der Waals surface area contributed by atoms with Crippen molar-refractivity contribution < 1.29 is 18.3 Å². The van der Waals surface area contributed by atoms with Crippen LogP contribution in [0.4, 0.5) is 4.39 Å². The van der Waals surface area contributed by atoms with Crippen molar-refractivity contribution in [1.29, 1.82) is 0 Å². The van der Waals surface area contributed by atoms with E-state index in [1.807, 2.05) is 42.5 Å². The summed E-state index contributed by atoms with van der Waals surface area (Å²) in [5.74, 6) is 1.02. The Morgan fingerprint density at radius 3 is 2.41 bits per heavy atom. The lowest BCUT2D eigenvalue weighted by atomic mass is 9.89. The van der Waals surface area contributed by atoms with Crippen LogP contribution in [-0.2, 0) is 11.3 Å². The van der Waals surface area contributed by atoms with Crippen LogP contribution < -0.4 is 10.4 Å². The van der Waals surface area contributed by atoms with Crippen LogP contribution in [0.25, 0.3) is 21.9 Å². The minimum atomic E-state index is -0.391. The van der Waals surface area contributed by atoms with Crippen molar-refractivity contribution in [2.45, 2.75) is 25.4 Å². The third-order valence-corrected chi connectivity index (χ3v) is 5.90. The number of halogens is 1. The van der Waals surface area contributed by atoms with Crippen LogP contribution in [0.1, 0.15) is 30.1 Å². The third-order valence-electron chi connectivity index (χ3n) is 5.90. The molecule has 0 saturated carbocycles. The van der Waals surface area contributed by atoms with Gasteiger partial charge in [0.25, 0.3) is 0 Å². The van der Waals surface area contributed by atoms with Crippen LogP contribution in [0.3, 0.4) is 0 Å². The highest BCUT2D eigenvalue weighted by atomic mass is 19.1. The van der Waals surface area contributed by atoms with E-state index in [-0.39, 0.29) is 11.7 Å². The number of benzene rings is 3. The standard InChI is InChI=1S/C27H23FO4/c28-21-8-6-19(7-9-21)25-23-11-10-22(31-17-18-4-2-1-3-5-18)16-24(23)27(29)32-26(25)20-12-14-30-15-13-20/h1-11,16,20H,12-15,17H2. The van der Waals surface area contributed by atoms with Crippen LogP contribution >= 0.6 is 0 Å². The van der Waals surface area contributed by atoms with Gasteiger partial charge in [-0.15, -0.1) is 0 Å². The Balaban J connectivity index is 1.60. The molecule has 0 spiro atoms. The SMILES string of the molecule is O=c1oc(C2CCOCC2)c(-c2ccc(F)cc2)c2ccc(OCc3ccccc3)cc12. The van der Waals surface area contributed by atoms with Crippen LogP contribution in [0.5, 0.6) is 5.75 Å². The predicted molar refractivity (Wildman–Crippen MR) is 121 cm³/mol. The first-order valence-corrected chi connectivity index (χ1v) is 10.8. The van der Waals surface area contributed by atoms with E-state index in [4.69, 9.17) is 13.9 Å². The van der Waals surface area contributed by atoms with Crippen LogP contribution in [-0.4, -0.2) is 13.2 Å². The number of fused-ring (bicyclic) bond motifs is 1. The first-order valence-electron chi connectivity index (χ1n) is 10.8. The molecule has 0 unspecified atom stereocenters. The Labute approximate surface area is 185 Å². The fourth-order valence-corrected chi connectivity index (χ4v) is 4.24. The maximum Gasteiger partial charge on any atom is 0.344 e. The van der Waals surface area contributed by atoms with Gasteiger partial charge in [0.2, 0.25) is 0 Å². The fraction of sp³-hybridized carbons (Fsp3) is 0.222. The molecule has 5 rings (SSSR count). The average Bonchev–Trinajstić information content (AvgIpc) is 2.85. The molecule has 162 valence electrons. The topological polar surface area (TPSA) is 48.7 Å². The van der Waals surface area contributed by atoms with E-state index in [0.29, 0.717) is 36.7 Å². The predicted octanol–water partition coefficient (Wildman–Crippen LogP) is 6.07. The second-order valence-corrected chi connectivity index (χ2v) is 8.00. The molecular weight excluding hydrogens is 407 g/mol. The van der Waals surface area contributed by atoms with Gasteiger partial charge in [0.1, 0.15) is 23.9 Å². The van der Waals surface area contributed by atoms with Crippen LogP contribution in [0.2, 0.25) is 0 Å². The van der Waals surface area contributed by atoms with Crippen molar-refractivity contribution in [2.24, 2.45) is 0 Å². The molecule has 0 bridgehead atoms. The molecule has 0 amide bonds. The lowest BCUT2D eigenvalue weighted by Gasteiger charge is -2.24. The molecule has 1 aliphatic heterocycles. The molecule has 32 heavy (non-hydrogen) atoms. The number of hydrogen-bond donors (Lipinski definition) is 0.